The van der Waals surface area contributed by atoms with Crippen LogP contribution in [0.15, 0.2) is 77.3 Å². The number of anilines is 2. The van der Waals surface area contributed by atoms with Gasteiger partial charge < -0.3 is 21.1 Å². The molecule has 5 N–H and O–H groups in total. The van der Waals surface area contributed by atoms with Crippen molar-refractivity contribution in [3.63, 3.8) is 0 Å². The molecule has 0 bridgehead atoms. The molecule has 0 aliphatic rings. The van der Waals surface area contributed by atoms with Gasteiger partial charge in [0.2, 0.25) is 0 Å². The van der Waals surface area contributed by atoms with Gasteiger partial charge in [-0.2, -0.15) is 0 Å². The predicted octanol–water partition coefficient (Wildman–Crippen LogP) is 6.39. The molecule has 12 heteroatoms. The van der Waals surface area contributed by atoms with Crippen LogP contribution in [0.3, 0.4) is 0 Å². The van der Waals surface area contributed by atoms with E-state index in [0.717, 1.165) is 24.3 Å². The summed E-state index contributed by atoms with van der Waals surface area (Å²) in [7, 11) is 0.396. The van der Waals surface area contributed by atoms with E-state index in [-0.39, 0.29) is 22.9 Å². The van der Waals surface area contributed by atoms with E-state index in [1.54, 1.807) is 12.1 Å². The van der Waals surface area contributed by atoms with Gasteiger partial charge in [-0.25, -0.2) is 26.3 Å². The van der Waals surface area contributed by atoms with Crippen LogP contribution in [0.2, 0.25) is 0 Å². The fourth-order valence-corrected chi connectivity index (χ4v) is 2.83. The molecule has 0 aliphatic heterocycles. The summed E-state index contributed by atoms with van der Waals surface area (Å²) in [6.45, 7) is 0. The lowest BCUT2D eigenvalue weighted by Gasteiger charge is -2.04. The lowest BCUT2D eigenvalue weighted by Crippen LogP contribution is -2.00. The Bertz CT molecular complexity index is 1280. The SMILES string of the molecule is Nc1ccc(-c2ccc(F)c(F)c2)cc1F.Nc1ccc(Br)cc1F.O[B]Oc1ccc(F)c(F)c1. The van der Waals surface area contributed by atoms with Crippen LogP contribution in [0.25, 0.3) is 11.1 Å². The number of nitrogens with two attached hydrogens (primary N) is 2. The van der Waals surface area contributed by atoms with Crippen LogP contribution in [-0.2, 0) is 0 Å². The minimum Gasteiger partial charge on any atom is -0.537 e. The van der Waals surface area contributed by atoms with Crippen molar-refractivity contribution in [1.82, 2.24) is 0 Å². The van der Waals surface area contributed by atoms with Gasteiger partial charge in [-0.05, 0) is 65.7 Å². The van der Waals surface area contributed by atoms with Crippen molar-refractivity contribution < 1.29 is 36.0 Å². The molecule has 4 rings (SSSR count). The average Bonchev–Trinajstić information content (AvgIpc) is 2.83. The summed E-state index contributed by atoms with van der Waals surface area (Å²) in [6.07, 6.45) is 0. The Morgan fingerprint density at radius 3 is 1.53 bits per heavy atom. The van der Waals surface area contributed by atoms with Gasteiger partial charge in [0, 0.05) is 10.5 Å². The molecule has 0 aromatic heterocycles. The number of rotatable bonds is 3. The lowest BCUT2D eigenvalue weighted by molar-refractivity contribution is 0.445. The minimum atomic E-state index is -1.01. The quantitative estimate of drug-likeness (QED) is 0.152. The van der Waals surface area contributed by atoms with Crippen LogP contribution in [0.1, 0.15) is 0 Å². The normalized spacial score (nSPS) is 9.89. The fraction of sp³-hybridized carbons (Fsp3) is 0. The largest absolute Gasteiger partial charge is 0.569 e. The van der Waals surface area contributed by atoms with Crippen LogP contribution in [0.5, 0.6) is 5.75 Å². The molecular formula is C24H17BBrF6N2O2. The number of benzene rings is 4. The maximum atomic E-state index is 13.2. The lowest BCUT2D eigenvalue weighted by atomic mass is 10.0. The van der Waals surface area contributed by atoms with Crippen molar-refractivity contribution >= 4 is 35.0 Å². The van der Waals surface area contributed by atoms with Gasteiger partial charge in [0.05, 0.1) is 11.4 Å². The fourth-order valence-electron chi connectivity index (χ4n) is 2.49. The van der Waals surface area contributed by atoms with Crippen molar-refractivity contribution in [2.45, 2.75) is 0 Å². The smallest absolute Gasteiger partial charge is 0.537 e. The van der Waals surface area contributed by atoms with E-state index in [9.17, 15) is 26.3 Å². The molecule has 0 fully saturated rings. The van der Waals surface area contributed by atoms with E-state index < -0.39 is 29.1 Å². The number of nitrogen functional groups attached to an aromatic ring is 2. The van der Waals surface area contributed by atoms with Gasteiger partial charge in [-0.1, -0.05) is 28.1 Å². The Kier molecular flexibility index (Phi) is 10.7. The Morgan fingerprint density at radius 2 is 1.06 bits per heavy atom. The molecule has 0 spiro atoms. The van der Waals surface area contributed by atoms with Crippen molar-refractivity contribution in [2.75, 3.05) is 11.5 Å². The first-order valence-electron chi connectivity index (χ1n) is 9.80. The first-order valence-corrected chi connectivity index (χ1v) is 10.6. The second-order valence-electron chi connectivity index (χ2n) is 6.83. The zero-order valence-electron chi connectivity index (χ0n) is 18.2. The molecule has 0 heterocycles. The van der Waals surface area contributed by atoms with Crippen LogP contribution in [0.4, 0.5) is 37.7 Å². The highest BCUT2D eigenvalue weighted by atomic mass is 79.9. The van der Waals surface area contributed by atoms with Crippen molar-refractivity contribution in [3.8, 4) is 16.9 Å². The Hall–Kier alpha value is -3.64. The van der Waals surface area contributed by atoms with Gasteiger partial charge in [0.25, 0.3) is 0 Å². The number of halogens is 7. The van der Waals surface area contributed by atoms with Crippen LogP contribution in [0, 0.1) is 34.9 Å². The maximum absolute atomic E-state index is 13.2. The van der Waals surface area contributed by atoms with Gasteiger partial charge in [0.1, 0.15) is 17.4 Å². The Morgan fingerprint density at radius 1 is 0.583 bits per heavy atom. The molecule has 4 nitrogen and oxygen atoms in total. The maximum Gasteiger partial charge on any atom is 0.569 e. The van der Waals surface area contributed by atoms with E-state index in [1.807, 2.05) is 0 Å². The molecule has 187 valence electrons. The average molecular weight is 570 g/mol. The standard InChI is InChI=1S/C12H8F3N.C6H4BF2O2.C6H5BrFN/c13-9-3-1-7(5-10(9)14)8-2-4-12(16)11(15)6-8;8-5-2-1-4(11-7-10)3-6(5)9;7-4-1-2-6(9)5(8)3-4/h1-6H,16H2;1-3,10H;1-3H,9H2. The molecule has 0 saturated carbocycles. The molecule has 4 aromatic carbocycles. The van der Waals surface area contributed by atoms with Gasteiger partial charge in [-0.15, -0.1) is 0 Å². The summed E-state index contributed by atoms with van der Waals surface area (Å²) in [4.78, 5) is 0. The van der Waals surface area contributed by atoms with Gasteiger partial charge >= 0.3 is 7.69 Å². The van der Waals surface area contributed by atoms with E-state index >= 15 is 0 Å². The highest BCUT2D eigenvalue weighted by Gasteiger charge is 2.06. The molecule has 0 unspecified atom stereocenters. The summed E-state index contributed by atoms with van der Waals surface area (Å²) in [5, 5.41) is 8.12. The third-order valence-electron chi connectivity index (χ3n) is 4.30. The first kappa shape index (κ1) is 28.6. The van der Waals surface area contributed by atoms with E-state index in [4.69, 9.17) is 16.5 Å². The Labute approximate surface area is 211 Å². The van der Waals surface area contributed by atoms with Crippen molar-refractivity contribution in [2.24, 2.45) is 0 Å². The molecular weight excluding hydrogens is 553 g/mol. The van der Waals surface area contributed by atoms with Crippen LogP contribution >= 0.6 is 15.9 Å². The van der Waals surface area contributed by atoms with Gasteiger partial charge in [-0.3, -0.25) is 0 Å². The second kappa shape index (κ2) is 13.5. The molecule has 0 atom stereocenters. The molecule has 36 heavy (non-hydrogen) atoms. The van der Waals surface area contributed by atoms with Crippen molar-refractivity contribution in [1.29, 1.82) is 0 Å². The summed E-state index contributed by atoms with van der Waals surface area (Å²) in [5.41, 5.74) is 11.6. The highest BCUT2D eigenvalue weighted by Crippen LogP contribution is 2.24. The second-order valence-corrected chi connectivity index (χ2v) is 7.75. The van der Waals surface area contributed by atoms with E-state index in [1.165, 1.54) is 36.4 Å². The topological polar surface area (TPSA) is 81.5 Å². The third kappa shape index (κ3) is 8.54. The molecule has 0 amide bonds. The zero-order valence-corrected chi connectivity index (χ0v) is 19.7. The summed E-state index contributed by atoms with van der Waals surface area (Å²) in [5.74, 6) is -4.77. The Balaban J connectivity index is 0.000000200. The summed E-state index contributed by atoms with van der Waals surface area (Å²) < 4.78 is 80.9. The minimum absolute atomic E-state index is 0.0198. The van der Waals surface area contributed by atoms with Gasteiger partial charge in [0.15, 0.2) is 23.3 Å². The molecule has 4 aromatic rings. The number of hydrogen-bond donors (Lipinski definition) is 3. The van der Waals surface area contributed by atoms with E-state index in [2.05, 4.69) is 20.6 Å². The molecule has 0 saturated heterocycles. The summed E-state index contributed by atoms with van der Waals surface area (Å²) >= 11 is 3.10. The zero-order chi connectivity index (χ0) is 26.8. The third-order valence-corrected chi connectivity index (χ3v) is 4.79. The predicted molar refractivity (Wildman–Crippen MR) is 130 cm³/mol. The highest BCUT2D eigenvalue weighted by molar-refractivity contribution is 9.10. The first-order chi connectivity index (χ1) is 17.0. The molecule has 1 radical (unpaired) electrons. The van der Waals surface area contributed by atoms with Crippen LogP contribution < -0.4 is 16.1 Å². The monoisotopic (exact) mass is 569 g/mol. The number of hydrogen-bond acceptors (Lipinski definition) is 4. The van der Waals surface area contributed by atoms with Crippen molar-refractivity contribution in [3.05, 3.63) is 112 Å². The van der Waals surface area contributed by atoms with Crippen LogP contribution in [-0.4, -0.2) is 12.7 Å². The summed E-state index contributed by atoms with van der Waals surface area (Å²) in [6, 6.07) is 15.0. The van der Waals surface area contributed by atoms with E-state index in [0.29, 0.717) is 23.3 Å². The molecule has 0 aliphatic carbocycles.